The molecule has 1 heterocycles. The first-order chi connectivity index (χ1) is 13.3. The molecule has 2 aromatic carbocycles. The van der Waals surface area contributed by atoms with E-state index in [4.69, 9.17) is 4.74 Å². The topological polar surface area (TPSA) is 117 Å². The van der Waals surface area contributed by atoms with Crippen molar-refractivity contribution in [1.29, 1.82) is 0 Å². The van der Waals surface area contributed by atoms with Crippen LogP contribution in [0.2, 0.25) is 0 Å². The van der Waals surface area contributed by atoms with Gasteiger partial charge < -0.3 is 15.2 Å². The lowest BCUT2D eigenvalue weighted by Crippen LogP contribution is -2.19. The van der Waals surface area contributed by atoms with Crippen molar-refractivity contribution in [3.8, 4) is 11.5 Å². The average Bonchev–Trinajstić information content (AvgIpc) is 2.97. The highest BCUT2D eigenvalue weighted by molar-refractivity contribution is 8.18. The van der Waals surface area contributed by atoms with Gasteiger partial charge in [0, 0.05) is 11.8 Å². The number of nitrogens with one attached hydrogen (secondary N) is 1. The van der Waals surface area contributed by atoms with Crippen molar-refractivity contribution in [1.82, 2.24) is 5.32 Å². The number of nitrogens with zero attached hydrogens (tertiary/aromatic N) is 2. The van der Waals surface area contributed by atoms with E-state index in [1.807, 2.05) is 32.0 Å². The zero-order valence-corrected chi connectivity index (χ0v) is 16.1. The van der Waals surface area contributed by atoms with Gasteiger partial charge in [-0.1, -0.05) is 17.7 Å². The summed E-state index contributed by atoms with van der Waals surface area (Å²) in [5.41, 5.74) is 2.53. The maximum atomic E-state index is 12.3. The van der Waals surface area contributed by atoms with Crippen LogP contribution in [0, 0.1) is 24.0 Å². The molecule has 0 aromatic heterocycles. The van der Waals surface area contributed by atoms with E-state index in [2.05, 4.69) is 10.3 Å². The Balaban J connectivity index is 1.94. The smallest absolute Gasteiger partial charge is 0.266 e. The first-order valence-corrected chi connectivity index (χ1v) is 9.00. The van der Waals surface area contributed by atoms with Crippen LogP contribution < -0.4 is 15.2 Å². The normalized spacial score (nSPS) is 16.5. The van der Waals surface area contributed by atoms with Crippen LogP contribution in [0.5, 0.6) is 11.5 Å². The van der Waals surface area contributed by atoms with Gasteiger partial charge in [-0.15, -0.1) is 0 Å². The zero-order valence-electron chi connectivity index (χ0n) is 15.3. The van der Waals surface area contributed by atoms with Crippen LogP contribution in [-0.2, 0) is 4.79 Å². The Bertz CT molecular complexity index is 1050. The molecule has 1 saturated heterocycles. The Labute approximate surface area is 165 Å². The molecule has 28 heavy (non-hydrogen) atoms. The van der Waals surface area contributed by atoms with E-state index in [0.717, 1.165) is 34.6 Å². The van der Waals surface area contributed by atoms with Crippen molar-refractivity contribution in [2.75, 3.05) is 7.11 Å². The molecule has 1 fully saturated rings. The molecule has 0 spiro atoms. The quantitative estimate of drug-likeness (QED) is 0.480. The molecule has 9 heteroatoms. The summed E-state index contributed by atoms with van der Waals surface area (Å²) in [6.07, 6.45) is 1.46. The van der Waals surface area contributed by atoms with Gasteiger partial charge in [0.25, 0.3) is 11.6 Å². The van der Waals surface area contributed by atoms with E-state index in [-0.39, 0.29) is 11.7 Å². The van der Waals surface area contributed by atoms with Crippen LogP contribution in [0.3, 0.4) is 0 Å². The van der Waals surface area contributed by atoms with Gasteiger partial charge in [0.2, 0.25) is 0 Å². The molecule has 3 rings (SSSR count). The van der Waals surface area contributed by atoms with Gasteiger partial charge in [-0.25, -0.2) is 4.99 Å². The molecule has 1 aliphatic heterocycles. The Hall–Kier alpha value is -3.33. The zero-order chi connectivity index (χ0) is 20.4. The van der Waals surface area contributed by atoms with Gasteiger partial charge in [0.1, 0.15) is 5.75 Å². The average molecular weight is 398 g/mol. The Kier molecular flexibility index (Phi) is 5.36. The second-order valence-electron chi connectivity index (χ2n) is 6.10. The molecule has 0 atom stereocenters. The Morgan fingerprint density at radius 1 is 1.25 bits per heavy atom. The third-order valence-corrected chi connectivity index (χ3v) is 4.91. The van der Waals surface area contributed by atoms with Crippen LogP contribution in [0.4, 0.5) is 11.4 Å². The summed E-state index contributed by atoms with van der Waals surface area (Å²) in [6, 6.07) is 8.27. The van der Waals surface area contributed by atoms with Gasteiger partial charge in [0.05, 0.1) is 22.6 Å². The number of hydrogen-bond acceptors (Lipinski definition) is 7. The standard InChI is InChI=1S/C19H17N3O5S/c1-10-4-5-13(11(2)6-10)20-19-21-18(24)16(28-19)9-12-7-14(22(25)26)17(23)15(8-12)27-3/h4-9,23H,1-3H3,(H,20,21,24)/p-1/b16-9-. The monoisotopic (exact) mass is 398 g/mol. The van der Waals surface area contributed by atoms with Crippen LogP contribution >= 0.6 is 11.8 Å². The van der Waals surface area contributed by atoms with Gasteiger partial charge in [0.15, 0.2) is 5.17 Å². The molecule has 1 N–H and O–H groups in total. The van der Waals surface area contributed by atoms with Crippen LogP contribution in [-0.4, -0.2) is 23.1 Å². The molecule has 0 aliphatic carbocycles. The number of thioether (sulfide) groups is 1. The highest BCUT2D eigenvalue weighted by Crippen LogP contribution is 2.36. The largest absolute Gasteiger partial charge is 0.865 e. The number of amides is 1. The van der Waals surface area contributed by atoms with Crippen molar-refractivity contribution in [3.63, 3.8) is 0 Å². The van der Waals surface area contributed by atoms with E-state index in [1.54, 1.807) is 0 Å². The molecular formula is C19H16N3O5S-. The van der Waals surface area contributed by atoms with Gasteiger partial charge in [-0.05, 0) is 54.9 Å². The number of carbonyl (C=O) groups is 1. The lowest BCUT2D eigenvalue weighted by Gasteiger charge is -2.13. The second-order valence-corrected chi connectivity index (χ2v) is 7.13. The highest BCUT2D eigenvalue weighted by Gasteiger charge is 2.24. The molecule has 0 bridgehead atoms. The molecule has 0 saturated carbocycles. The number of aliphatic imine (C=N–C) groups is 1. The molecule has 0 radical (unpaired) electrons. The third kappa shape index (κ3) is 3.99. The number of benzene rings is 2. The minimum atomic E-state index is -0.810. The summed E-state index contributed by atoms with van der Waals surface area (Å²) >= 11 is 1.11. The van der Waals surface area contributed by atoms with Crippen LogP contribution in [0.15, 0.2) is 40.2 Å². The number of nitro groups is 1. The van der Waals surface area contributed by atoms with Crippen molar-refractivity contribution < 1.29 is 19.6 Å². The summed E-state index contributed by atoms with van der Waals surface area (Å²) < 4.78 is 4.91. The summed E-state index contributed by atoms with van der Waals surface area (Å²) in [5.74, 6) is -1.34. The number of rotatable bonds is 4. The van der Waals surface area contributed by atoms with Gasteiger partial charge in [-0.2, -0.15) is 0 Å². The second kappa shape index (κ2) is 7.73. The number of amidine groups is 1. The number of hydrogen-bond donors (Lipinski definition) is 1. The van der Waals surface area contributed by atoms with Crippen LogP contribution in [0.1, 0.15) is 16.7 Å². The van der Waals surface area contributed by atoms with Crippen molar-refractivity contribution in [2.45, 2.75) is 13.8 Å². The Morgan fingerprint density at radius 3 is 2.64 bits per heavy atom. The number of nitro benzene ring substituents is 1. The minimum absolute atomic E-state index is 0.159. The molecule has 0 unspecified atom stereocenters. The number of aryl methyl sites for hydroxylation is 2. The predicted molar refractivity (Wildman–Crippen MR) is 106 cm³/mol. The predicted octanol–water partition coefficient (Wildman–Crippen LogP) is 3.19. The van der Waals surface area contributed by atoms with Crippen LogP contribution in [0.25, 0.3) is 6.08 Å². The maximum Gasteiger partial charge on any atom is 0.266 e. The van der Waals surface area contributed by atoms with E-state index in [9.17, 15) is 20.0 Å². The number of methoxy groups -OCH3 is 1. The van der Waals surface area contributed by atoms with E-state index in [0.29, 0.717) is 15.6 Å². The van der Waals surface area contributed by atoms with E-state index in [1.165, 1.54) is 19.3 Å². The molecule has 144 valence electrons. The fourth-order valence-electron chi connectivity index (χ4n) is 2.65. The molecule has 1 aliphatic rings. The summed E-state index contributed by atoms with van der Waals surface area (Å²) in [4.78, 5) is 27.3. The molecule has 2 aromatic rings. The third-order valence-electron chi connectivity index (χ3n) is 4.00. The van der Waals surface area contributed by atoms with Crippen molar-refractivity contribution in [2.24, 2.45) is 4.99 Å². The van der Waals surface area contributed by atoms with E-state index >= 15 is 0 Å². The summed E-state index contributed by atoms with van der Waals surface area (Å²) in [5, 5.41) is 26.1. The molecule has 1 amide bonds. The first-order valence-electron chi connectivity index (χ1n) is 8.18. The fraction of sp³-hybridized carbons (Fsp3) is 0.158. The summed E-state index contributed by atoms with van der Waals surface area (Å²) in [6.45, 7) is 3.91. The van der Waals surface area contributed by atoms with Crippen molar-refractivity contribution >= 4 is 40.3 Å². The van der Waals surface area contributed by atoms with Crippen molar-refractivity contribution in [3.05, 3.63) is 62.0 Å². The summed E-state index contributed by atoms with van der Waals surface area (Å²) in [7, 11) is 1.25. The molecular weight excluding hydrogens is 382 g/mol. The highest BCUT2D eigenvalue weighted by atomic mass is 32.2. The SMILES string of the molecule is COc1cc(/C=C2\SC(=Nc3ccc(C)cc3C)NC2=O)cc([N+](=O)[O-])c1[O-]. The van der Waals surface area contributed by atoms with Gasteiger partial charge in [-0.3, -0.25) is 14.9 Å². The lowest BCUT2D eigenvalue weighted by molar-refractivity contribution is -0.398. The Morgan fingerprint density at radius 2 is 2.00 bits per heavy atom. The van der Waals surface area contributed by atoms with Gasteiger partial charge >= 0.3 is 0 Å². The van der Waals surface area contributed by atoms with E-state index < -0.39 is 16.4 Å². The molecule has 8 nitrogen and oxygen atoms in total. The number of carbonyl (C=O) groups excluding carboxylic acids is 1. The maximum absolute atomic E-state index is 12.3. The minimum Gasteiger partial charge on any atom is -0.865 e. The fourth-order valence-corrected chi connectivity index (χ4v) is 3.49. The number of ether oxygens (including phenoxy) is 1. The lowest BCUT2D eigenvalue weighted by atomic mass is 10.1. The first kappa shape index (κ1) is 19.4.